The minimum Gasteiger partial charge on any atom is -0.493 e. The summed E-state index contributed by atoms with van der Waals surface area (Å²) in [5.74, 6) is 1.06. The van der Waals surface area contributed by atoms with Crippen LogP contribution in [0.4, 0.5) is 23.7 Å². The Kier molecular flexibility index (Phi) is 9.50. The highest BCUT2D eigenvalue weighted by molar-refractivity contribution is 6.33. The zero-order valence-electron chi connectivity index (χ0n) is 21.6. The van der Waals surface area contributed by atoms with Crippen molar-refractivity contribution in [2.24, 2.45) is 0 Å². The first kappa shape index (κ1) is 28.8. The normalized spacial score (nSPS) is 11.1. The number of urea groups is 1. The van der Waals surface area contributed by atoms with Gasteiger partial charge in [-0.15, -0.1) is 0 Å². The van der Waals surface area contributed by atoms with E-state index < -0.39 is 17.8 Å². The lowest BCUT2D eigenvalue weighted by Crippen LogP contribution is -2.36. The molecule has 208 valence electrons. The number of methoxy groups -OCH3 is 1. The van der Waals surface area contributed by atoms with Crippen LogP contribution in [0.15, 0.2) is 91.1 Å². The van der Waals surface area contributed by atoms with Gasteiger partial charge in [0.05, 0.1) is 23.4 Å². The van der Waals surface area contributed by atoms with Gasteiger partial charge in [0.15, 0.2) is 11.5 Å². The van der Waals surface area contributed by atoms with E-state index in [0.717, 1.165) is 35.0 Å². The van der Waals surface area contributed by atoms with Gasteiger partial charge < -0.3 is 19.7 Å². The molecule has 0 bridgehead atoms. The molecule has 4 rings (SSSR count). The molecule has 6 nitrogen and oxygen atoms in total. The lowest BCUT2D eigenvalue weighted by atomic mass is 10.1. The smallest absolute Gasteiger partial charge is 0.416 e. The van der Waals surface area contributed by atoms with E-state index in [-0.39, 0.29) is 23.8 Å². The van der Waals surface area contributed by atoms with Crippen molar-refractivity contribution < 1.29 is 27.4 Å². The zero-order chi connectivity index (χ0) is 28.5. The van der Waals surface area contributed by atoms with Crippen LogP contribution < -0.4 is 14.8 Å². The van der Waals surface area contributed by atoms with Gasteiger partial charge >= 0.3 is 12.2 Å². The molecule has 2 amide bonds. The Balaban J connectivity index is 1.51. The molecule has 1 aromatic heterocycles. The SMILES string of the molecule is COc1cc(CN(CCc2ccccn2)C(=O)Nc2ccc(C(F)(F)F)cc2Cl)ccc1OCc1ccccc1. The third-order valence-electron chi connectivity index (χ3n) is 6.03. The van der Waals surface area contributed by atoms with Crippen molar-refractivity contribution in [1.29, 1.82) is 0 Å². The van der Waals surface area contributed by atoms with Crippen LogP contribution in [-0.2, 0) is 25.7 Å². The minimum absolute atomic E-state index is 0.0738. The van der Waals surface area contributed by atoms with Crippen LogP contribution in [0, 0.1) is 0 Å². The fraction of sp³-hybridized carbons (Fsp3) is 0.200. The molecule has 1 heterocycles. The number of anilines is 1. The van der Waals surface area contributed by atoms with Crippen molar-refractivity contribution in [2.45, 2.75) is 25.7 Å². The van der Waals surface area contributed by atoms with Crippen LogP contribution in [0.1, 0.15) is 22.4 Å². The molecule has 0 atom stereocenters. The van der Waals surface area contributed by atoms with Crippen LogP contribution >= 0.6 is 11.6 Å². The quantitative estimate of drug-likeness (QED) is 0.213. The van der Waals surface area contributed by atoms with E-state index in [0.29, 0.717) is 24.5 Å². The van der Waals surface area contributed by atoms with Crippen molar-refractivity contribution in [3.05, 3.63) is 119 Å². The Morgan fingerprint density at radius 3 is 2.40 bits per heavy atom. The number of amides is 2. The number of rotatable bonds is 10. The average molecular weight is 570 g/mol. The fourth-order valence-corrected chi connectivity index (χ4v) is 4.15. The van der Waals surface area contributed by atoms with Crippen LogP contribution in [0.25, 0.3) is 0 Å². The maximum Gasteiger partial charge on any atom is 0.416 e. The largest absolute Gasteiger partial charge is 0.493 e. The molecule has 0 saturated heterocycles. The molecule has 0 saturated carbocycles. The number of ether oxygens (including phenoxy) is 2. The number of alkyl halides is 3. The summed E-state index contributed by atoms with van der Waals surface area (Å²) in [6.45, 7) is 0.838. The monoisotopic (exact) mass is 569 g/mol. The number of benzene rings is 3. The van der Waals surface area contributed by atoms with Crippen molar-refractivity contribution in [3.63, 3.8) is 0 Å². The molecule has 4 aromatic rings. The van der Waals surface area contributed by atoms with Crippen LogP contribution in [0.5, 0.6) is 11.5 Å². The topological polar surface area (TPSA) is 63.7 Å². The molecule has 3 aromatic carbocycles. The Morgan fingerprint density at radius 2 is 1.73 bits per heavy atom. The van der Waals surface area contributed by atoms with Gasteiger partial charge in [0.25, 0.3) is 0 Å². The third-order valence-corrected chi connectivity index (χ3v) is 6.34. The zero-order valence-corrected chi connectivity index (χ0v) is 22.4. The Labute approximate surface area is 235 Å². The van der Waals surface area contributed by atoms with Gasteiger partial charge in [-0.05, 0) is 53.6 Å². The van der Waals surface area contributed by atoms with Gasteiger partial charge in [-0.2, -0.15) is 13.2 Å². The molecule has 40 heavy (non-hydrogen) atoms. The van der Waals surface area contributed by atoms with Gasteiger partial charge in [0, 0.05) is 31.4 Å². The van der Waals surface area contributed by atoms with Gasteiger partial charge in [-0.25, -0.2) is 4.79 Å². The number of carbonyl (C=O) groups is 1. The highest BCUT2D eigenvalue weighted by Crippen LogP contribution is 2.34. The Hall–Kier alpha value is -4.24. The number of halogens is 4. The second-order valence-corrected chi connectivity index (χ2v) is 9.28. The molecule has 0 unspecified atom stereocenters. The van der Waals surface area contributed by atoms with Crippen LogP contribution in [0.3, 0.4) is 0 Å². The van der Waals surface area contributed by atoms with Crippen molar-refractivity contribution in [2.75, 3.05) is 19.0 Å². The second kappa shape index (κ2) is 13.2. The van der Waals surface area contributed by atoms with E-state index >= 15 is 0 Å². The average Bonchev–Trinajstić information content (AvgIpc) is 2.96. The lowest BCUT2D eigenvalue weighted by molar-refractivity contribution is -0.137. The molecule has 0 aliphatic heterocycles. The molecule has 0 aliphatic carbocycles. The highest BCUT2D eigenvalue weighted by atomic mass is 35.5. The minimum atomic E-state index is -4.54. The second-order valence-electron chi connectivity index (χ2n) is 8.87. The summed E-state index contributed by atoms with van der Waals surface area (Å²) < 4.78 is 50.6. The van der Waals surface area contributed by atoms with Gasteiger partial charge in [0.1, 0.15) is 6.61 Å². The van der Waals surface area contributed by atoms with Crippen molar-refractivity contribution >= 4 is 23.3 Å². The van der Waals surface area contributed by atoms with E-state index in [1.165, 1.54) is 12.0 Å². The number of pyridine rings is 1. The van der Waals surface area contributed by atoms with Gasteiger partial charge in [0.2, 0.25) is 0 Å². The fourth-order valence-electron chi connectivity index (χ4n) is 3.92. The standard InChI is InChI=1S/C30H27ClF3N3O3/c1-39-28-17-22(10-13-27(28)40-20-21-7-3-2-4-8-21)19-37(16-14-24-9-5-6-15-35-24)29(38)36-26-12-11-23(18-25(26)31)30(32,33)34/h2-13,15,17-18H,14,16,19-20H2,1H3,(H,36,38). The first-order valence-electron chi connectivity index (χ1n) is 12.4. The summed E-state index contributed by atoms with van der Waals surface area (Å²) in [5.41, 5.74) is 1.73. The summed E-state index contributed by atoms with van der Waals surface area (Å²) in [7, 11) is 1.53. The maximum atomic E-state index is 13.3. The van der Waals surface area contributed by atoms with E-state index in [9.17, 15) is 18.0 Å². The first-order chi connectivity index (χ1) is 19.2. The molecule has 10 heteroatoms. The number of hydrogen-bond acceptors (Lipinski definition) is 4. The Morgan fingerprint density at radius 1 is 0.950 bits per heavy atom. The summed E-state index contributed by atoms with van der Waals surface area (Å²) in [6, 6.07) is 22.9. The lowest BCUT2D eigenvalue weighted by Gasteiger charge is -2.24. The summed E-state index contributed by atoms with van der Waals surface area (Å²) in [5, 5.41) is 2.42. The number of nitrogens with zero attached hydrogens (tertiary/aromatic N) is 2. The molecular formula is C30H27ClF3N3O3. The van der Waals surface area contributed by atoms with Crippen molar-refractivity contribution in [3.8, 4) is 11.5 Å². The molecule has 0 spiro atoms. The van der Waals surface area contributed by atoms with E-state index in [4.69, 9.17) is 21.1 Å². The highest BCUT2D eigenvalue weighted by Gasteiger charge is 2.31. The van der Waals surface area contributed by atoms with Gasteiger partial charge in [-0.3, -0.25) is 4.98 Å². The summed E-state index contributed by atoms with van der Waals surface area (Å²) >= 11 is 6.07. The predicted molar refractivity (Wildman–Crippen MR) is 148 cm³/mol. The van der Waals surface area contributed by atoms with E-state index in [1.54, 1.807) is 24.4 Å². The molecule has 0 aliphatic rings. The van der Waals surface area contributed by atoms with Gasteiger partial charge in [-0.1, -0.05) is 54.1 Å². The van der Waals surface area contributed by atoms with E-state index in [2.05, 4.69) is 10.3 Å². The first-order valence-corrected chi connectivity index (χ1v) is 12.8. The van der Waals surface area contributed by atoms with Crippen molar-refractivity contribution in [1.82, 2.24) is 9.88 Å². The number of aromatic nitrogens is 1. The molecule has 0 radical (unpaired) electrons. The maximum absolute atomic E-state index is 13.3. The summed E-state index contributed by atoms with van der Waals surface area (Å²) in [4.78, 5) is 19.2. The number of hydrogen-bond donors (Lipinski definition) is 1. The van der Waals surface area contributed by atoms with Crippen LogP contribution in [-0.4, -0.2) is 29.6 Å². The molecular weight excluding hydrogens is 543 g/mol. The van der Waals surface area contributed by atoms with Crippen LogP contribution in [0.2, 0.25) is 5.02 Å². The predicted octanol–water partition coefficient (Wildman–Crippen LogP) is 7.62. The molecule has 0 fully saturated rings. The summed E-state index contributed by atoms with van der Waals surface area (Å²) in [6.07, 6.45) is -2.41. The third kappa shape index (κ3) is 7.89. The number of carbonyl (C=O) groups excluding carboxylic acids is 1. The molecule has 1 N–H and O–H groups in total. The Bertz CT molecular complexity index is 1420. The number of nitrogens with one attached hydrogen (secondary N) is 1. The van der Waals surface area contributed by atoms with E-state index in [1.807, 2.05) is 48.5 Å².